The number of amides is 2. The average Bonchev–Trinajstić information content (AvgIpc) is 2.93. The number of aromatic nitrogens is 4. The highest BCUT2D eigenvalue weighted by molar-refractivity contribution is 6.02. The Morgan fingerprint density at radius 3 is 2.71 bits per heavy atom. The molecule has 0 bridgehead atoms. The van der Waals surface area contributed by atoms with Gasteiger partial charge in [0.2, 0.25) is 11.7 Å². The molecule has 2 heterocycles. The molecule has 2 aromatic heterocycles. The molecule has 3 aromatic rings. The maximum absolute atomic E-state index is 12.4. The molecule has 8 nitrogen and oxygen atoms in total. The number of nitrogens with two attached hydrogens (primary N) is 1. The van der Waals surface area contributed by atoms with Crippen molar-refractivity contribution in [2.75, 3.05) is 5.32 Å². The maximum atomic E-state index is 12.4. The lowest BCUT2D eigenvalue weighted by Crippen LogP contribution is -2.18. The van der Waals surface area contributed by atoms with Gasteiger partial charge in [0.1, 0.15) is 0 Å². The van der Waals surface area contributed by atoms with Gasteiger partial charge in [-0.05, 0) is 31.5 Å². The summed E-state index contributed by atoms with van der Waals surface area (Å²) < 4.78 is 1.51. The van der Waals surface area contributed by atoms with Crippen LogP contribution in [0.2, 0.25) is 0 Å². The lowest BCUT2D eigenvalue weighted by atomic mass is 10.1. The van der Waals surface area contributed by atoms with Crippen molar-refractivity contribution < 1.29 is 9.59 Å². The zero-order valence-corrected chi connectivity index (χ0v) is 13.3. The van der Waals surface area contributed by atoms with Crippen LogP contribution in [-0.4, -0.2) is 31.4 Å². The first kappa shape index (κ1) is 15.6. The van der Waals surface area contributed by atoms with Gasteiger partial charge in [0.15, 0.2) is 0 Å². The molecular weight excluding hydrogens is 308 g/mol. The number of para-hydroxylation sites is 1. The summed E-state index contributed by atoms with van der Waals surface area (Å²) in [5.74, 6) is -0.583. The van der Waals surface area contributed by atoms with Crippen LogP contribution in [0.4, 0.5) is 5.69 Å². The summed E-state index contributed by atoms with van der Waals surface area (Å²) in [6, 6.07) is 8.80. The summed E-state index contributed by atoms with van der Waals surface area (Å²) in [5, 5.41) is 6.89. The molecule has 2 amide bonds. The van der Waals surface area contributed by atoms with E-state index in [-0.39, 0.29) is 12.2 Å². The number of hydrogen-bond acceptors (Lipinski definition) is 5. The number of benzene rings is 1. The molecular formula is C16H16N6O2. The second-order valence-corrected chi connectivity index (χ2v) is 5.44. The van der Waals surface area contributed by atoms with E-state index >= 15 is 0 Å². The fourth-order valence-corrected chi connectivity index (χ4v) is 2.42. The quantitative estimate of drug-likeness (QED) is 0.743. The van der Waals surface area contributed by atoms with Gasteiger partial charge in [0, 0.05) is 17.1 Å². The van der Waals surface area contributed by atoms with Crippen molar-refractivity contribution in [2.45, 2.75) is 20.3 Å². The Balaban J connectivity index is 1.91. The summed E-state index contributed by atoms with van der Waals surface area (Å²) in [6.07, 6.45) is 0.0366. The number of carbonyl (C=O) groups is 2. The van der Waals surface area contributed by atoms with Gasteiger partial charge in [-0.25, -0.2) is 9.50 Å². The topological polar surface area (TPSA) is 115 Å². The monoisotopic (exact) mass is 324 g/mol. The zero-order chi connectivity index (χ0) is 17.3. The number of anilines is 1. The molecule has 0 aliphatic rings. The molecule has 122 valence electrons. The van der Waals surface area contributed by atoms with Gasteiger partial charge in [-0.2, -0.15) is 4.98 Å². The molecule has 0 radical (unpaired) electrons. The van der Waals surface area contributed by atoms with Crippen LogP contribution in [0.25, 0.3) is 5.78 Å². The van der Waals surface area contributed by atoms with Gasteiger partial charge < -0.3 is 11.1 Å². The minimum atomic E-state index is -0.477. The third kappa shape index (κ3) is 3.07. The van der Waals surface area contributed by atoms with Gasteiger partial charge in [0.05, 0.1) is 6.42 Å². The van der Waals surface area contributed by atoms with Gasteiger partial charge >= 0.3 is 0 Å². The second kappa shape index (κ2) is 6.07. The first-order chi connectivity index (χ1) is 11.4. The van der Waals surface area contributed by atoms with E-state index in [0.29, 0.717) is 17.0 Å². The Morgan fingerprint density at radius 2 is 1.96 bits per heavy atom. The summed E-state index contributed by atoms with van der Waals surface area (Å²) in [7, 11) is 0. The molecule has 0 spiro atoms. The Bertz CT molecular complexity index is 947. The van der Waals surface area contributed by atoms with E-state index in [0.717, 1.165) is 11.4 Å². The normalized spacial score (nSPS) is 10.8. The van der Waals surface area contributed by atoms with E-state index in [1.165, 1.54) is 4.52 Å². The van der Waals surface area contributed by atoms with Crippen LogP contribution in [0.15, 0.2) is 30.3 Å². The van der Waals surface area contributed by atoms with E-state index in [2.05, 4.69) is 20.4 Å². The summed E-state index contributed by atoms with van der Waals surface area (Å²) >= 11 is 0. The predicted molar refractivity (Wildman–Crippen MR) is 87.5 cm³/mol. The van der Waals surface area contributed by atoms with E-state index < -0.39 is 11.8 Å². The van der Waals surface area contributed by atoms with Crippen LogP contribution in [0, 0.1) is 13.8 Å². The van der Waals surface area contributed by atoms with E-state index in [1.807, 2.05) is 19.9 Å². The van der Waals surface area contributed by atoms with Gasteiger partial charge in [-0.1, -0.05) is 18.2 Å². The lowest BCUT2D eigenvalue weighted by molar-refractivity contribution is -0.117. The Morgan fingerprint density at radius 1 is 1.21 bits per heavy atom. The van der Waals surface area contributed by atoms with Crippen molar-refractivity contribution in [1.82, 2.24) is 19.6 Å². The number of primary amides is 1. The third-order valence-electron chi connectivity index (χ3n) is 3.45. The van der Waals surface area contributed by atoms with Crippen LogP contribution >= 0.6 is 0 Å². The van der Waals surface area contributed by atoms with Crippen molar-refractivity contribution in [2.24, 2.45) is 5.73 Å². The molecule has 3 N–H and O–H groups in total. The molecule has 0 aliphatic heterocycles. The highest BCUT2D eigenvalue weighted by Crippen LogP contribution is 2.16. The molecule has 0 aliphatic carbocycles. The highest BCUT2D eigenvalue weighted by atomic mass is 16.2. The van der Waals surface area contributed by atoms with Crippen LogP contribution in [0.3, 0.4) is 0 Å². The average molecular weight is 324 g/mol. The van der Waals surface area contributed by atoms with Gasteiger partial charge in [-0.3, -0.25) is 9.59 Å². The van der Waals surface area contributed by atoms with Crippen molar-refractivity contribution in [3.63, 3.8) is 0 Å². The van der Waals surface area contributed by atoms with Crippen molar-refractivity contribution in [3.8, 4) is 0 Å². The molecule has 0 saturated carbocycles. The minimum absolute atomic E-state index is 0.00470. The molecule has 24 heavy (non-hydrogen) atoms. The second-order valence-electron chi connectivity index (χ2n) is 5.44. The van der Waals surface area contributed by atoms with Gasteiger partial charge in [-0.15, -0.1) is 5.10 Å². The number of carbonyl (C=O) groups excluding carboxylic acids is 2. The van der Waals surface area contributed by atoms with Crippen LogP contribution < -0.4 is 11.1 Å². The molecule has 0 saturated heterocycles. The Kier molecular flexibility index (Phi) is 3.95. The van der Waals surface area contributed by atoms with Crippen molar-refractivity contribution in [1.29, 1.82) is 0 Å². The summed E-state index contributed by atoms with van der Waals surface area (Å²) in [6.45, 7) is 3.71. The molecule has 0 fully saturated rings. The largest absolute Gasteiger partial charge is 0.369 e. The van der Waals surface area contributed by atoms with Crippen LogP contribution in [0.5, 0.6) is 0 Å². The smallest absolute Gasteiger partial charge is 0.295 e. The molecule has 0 atom stereocenters. The van der Waals surface area contributed by atoms with E-state index in [1.54, 1.807) is 24.3 Å². The number of hydrogen-bond donors (Lipinski definition) is 2. The fraction of sp³-hybridized carbons (Fsp3) is 0.188. The van der Waals surface area contributed by atoms with Crippen molar-refractivity contribution in [3.05, 3.63) is 53.1 Å². The summed E-state index contributed by atoms with van der Waals surface area (Å²) in [4.78, 5) is 32.0. The third-order valence-corrected chi connectivity index (χ3v) is 3.45. The number of nitrogens with zero attached hydrogens (tertiary/aromatic N) is 4. The SMILES string of the molecule is Cc1cc(C)n2nc(C(=O)Nc3ccccc3CC(N)=O)nc2n1. The summed E-state index contributed by atoms with van der Waals surface area (Å²) in [5.41, 5.74) is 7.99. The molecule has 0 unspecified atom stereocenters. The Labute approximate surface area is 137 Å². The standard InChI is InChI=1S/C16H16N6O2/c1-9-7-10(2)22-16(18-9)20-14(21-22)15(24)19-12-6-4-3-5-11(12)8-13(17)23/h3-7H,8H2,1-2H3,(H2,17,23)(H,19,24). The lowest BCUT2D eigenvalue weighted by Gasteiger charge is -2.08. The number of fused-ring (bicyclic) bond motifs is 1. The minimum Gasteiger partial charge on any atom is -0.369 e. The zero-order valence-electron chi connectivity index (χ0n) is 13.3. The predicted octanol–water partition coefficient (Wildman–Crippen LogP) is 1.02. The van der Waals surface area contributed by atoms with E-state index in [9.17, 15) is 9.59 Å². The van der Waals surface area contributed by atoms with Gasteiger partial charge in [0.25, 0.3) is 11.7 Å². The first-order valence-corrected chi connectivity index (χ1v) is 7.32. The number of aryl methyl sites for hydroxylation is 2. The maximum Gasteiger partial charge on any atom is 0.295 e. The Hall–Kier alpha value is -3.29. The molecule has 3 rings (SSSR count). The van der Waals surface area contributed by atoms with Crippen LogP contribution in [0.1, 0.15) is 27.6 Å². The molecule has 8 heteroatoms. The van der Waals surface area contributed by atoms with Crippen LogP contribution in [-0.2, 0) is 11.2 Å². The highest BCUT2D eigenvalue weighted by Gasteiger charge is 2.16. The van der Waals surface area contributed by atoms with E-state index in [4.69, 9.17) is 5.73 Å². The van der Waals surface area contributed by atoms with Crippen molar-refractivity contribution >= 4 is 23.3 Å². The number of rotatable bonds is 4. The number of nitrogens with one attached hydrogen (secondary N) is 1. The fourth-order valence-electron chi connectivity index (χ4n) is 2.42. The first-order valence-electron chi connectivity index (χ1n) is 7.32. The molecule has 1 aromatic carbocycles.